The van der Waals surface area contributed by atoms with Gasteiger partial charge in [-0.25, -0.2) is 9.78 Å². The van der Waals surface area contributed by atoms with Gasteiger partial charge in [0.15, 0.2) is 0 Å². The third kappa shape index (κ3) is 5.28. The number of methoxy groups -OCH3 is 1. The van der Waals surface area contributed by atoms with Gasteiger partial charge >= 0.3 is 5.97 Å². The predicted octanol–water partition coefficient (Wildman–Crippen LogP) is 3.72. The fourth-order valence-electron chi connectivity index (χ4n) is 3.18. The highest BCUT2D eigenvalue weighted by molar-refractivity contribution is 5.85. The van der Waals surface area contributed by atoms with E-state index in [4.69, 9.17) is 9.84 Å². The molecular weight excluding hydrogens is 340 g/mol. The summed E-state index contributed by atoms with van der Waals surface area (Å²) in [6.07, 6.45) is 7.32. The van der Waals surface area contributed by atoms with Crippen LogP contribution in [-0.2, 0) is 4.79 Å². The summed E-state index contributed by atoms with van der Waals surface area (Å²) in [5, 5.41) is 8.84. The monoisotopic (exact) mass is 364 g/mol. The van der Waals surface area contributed by atoms with E-state index in [1.165, 1.54) is 18.9 Å². The van der Waals surface area contributed by atoms with Crippen molar-refractivity contribution in [2.24, 2.45) is 0 Å². The molecule has 1 saturated heterocycles. The lowest BCUT2D eigenvalue weighted by atomic mass is 10.0. The van der Waals surface area contributed by atoms with Gasteiger partial charge in [-0.3, -0.25) is 4.90 Å². The molecule has 5 heteroatoms. The summed E-state index contributed by atoms with van der Waals surface area (Å²) in [5.74, 6) is -0.175. The average Bonchev–Trinajstić information content (AvgIpc) is 3.21. The highest BCUT2D eigenvalue weighted by Gasteiger charge is 2.12. The number of hydrogen-bond acceptors (Lipinski definition) is 4. The number of carboxylic acid groups (broad SMARTS) is 1. The topological polar surface area (TPSA) is 62.7 Å². The Kier molecular flexibility index (Phi) is 6.39. The molecule has 1 fully saturated rings. The highest BCUT2D eigenvalue weighted by Crippen LogP contribution is 2.25. The number of benzene rings is 1. The van der Waals surface area contributed by atoms with E-state index in [1.54, 1.807) is 13.2 Å². The Balaban J connectivity index is 1.94. The van der Waals surface area contributed by atoms with Crippen molar-refractivity contribution >= 4 is 17.6 Å². The summed E-state index contributed by atoms with van der Waals surface area (Å²) in [7, 11) is 1.65. The first-order valence-electron chi connectivity index (χ1n) is 9.11. The van der Waals surface area contributed by atoms with Gasteiger partial charge in [-0.1, -0.05) is 24.3 Å². The number of likely N-dealkylation sites (tertiary alicyclic amines) is 1. The highest BCUT2D eigenvalue weighted by atomic mass is 16.5. The molecule has 0 unspecified atom stereocenters. The summed E-state index contributed by atoms with van der Waals surface area (Å²) in [5.41, 5.74) is 3.54. The van der Waals surface area contributed by atoms with Gasteiger partial charge in [-0.05, 0) is 61.8 Å². The van der Waals surface area contributed by atoms with Crippen LogP contribution in [0.15, 0.2) is 54.6 Å². The number of pyridine rings is 1. The van der Waals surface area contributed by atoms with E-state index >= 15 is 0 Å². The van der Waals surface area contributed by atoms with Crippen LogP contribution in [0.4, 0.5) is 0 Å². The van der Waals surface area contributed by atoms with E-state index in [9.17, 15) is 4.79 Å². The van der Waals surface area contributed by atoms with E-state index in [1.807, 2.05) is 36.4 Å². The normalized spacial score (nSPS) is 15.4. The SMILES string of the molecule is COc1ccc(/C(=C\CN2CCCC2)c2cccc(/C=C/C(=O)O)n2)cc1. The fourth-order valence-corrected chi connectivity index (χ4v) is 3.18. The minimum absolute atomic E-state index is 0.621. The van der Waals surface area contributed by atoms with Gasteiger partial charge in [0.05, 0.1) is 18.5 Å². The second-order valence-corrected chi connectivity index (χ2v) is 6.47. The molecule has 0 amide bonds. The molecule has 2 heterocycles. The standard InChI is InChI=1S/C22H24N2O3/c1-27-19-10-7-17(8-11-19)20(13-16-24-14-2-3-15-24)21-6-4-5-18(23-21)9-12-22(25)26/h4-13H,2-3,14-16H2,1H3,(H,25,26)/b12-9+,20-13+. The van der Waals surface area contributed by atoms with E-state index < -0.39 is 5.97 Å². The molecule has 0 atom stereocenters. The van der Waals surface area contributed by atoms with Crippen molar-refractivity contribution in [3.63, 3.8) is 0 Å². The lowest BCUT2D eigenvalue weighted by molar-refractivity contribution is -0.131. The predicted molar refractivity (Wildman–Crippen MR) is 107 cm³/mol. The summed E-state index contributed by atoms with van der Waals surface area (Å²) in [6, 6.07) is 13.6. The Morgan fingerprint density at radius 3 is 2.59 bits per heavy atom. The number of nitrogens with zero attached hydrogens (tertiary/aromatic N) is 2. The second-order valence-electron chi connectivity index (χ2n) is 6.47. The molecule has 2 aromatic rings. The second kappa shape index (κ2) is 9.14. The van der Waals surface area contributed by atoms with Crippen molar-refractivity contribution in [3.8, 4) is 5.75 Å². The number of aromatic nitrogens is 1. The van der Waals surface area contributed by atoms with Gasteiger partial charge in [0.25, 0.3) is 0 Å². The van der Waals surface area contributed by atoms with Crippen LogP contribution in [0.1, 0.15) is 29.8 Å². The number of carbonyl (C=O) groups is 1. The molecule has 0 spiro atoms. The van der Waals surface area contributed by atoms with E-state index in [0.717, 1.165) is 48.3 Å². The third-order valence-corrected chi connectivity index (χ3v) is 4.60. The van der Waals surface area contributed by atoms with Crippen LogP contribution in [0, 0.1) is 0 Å². The van der Waals surface area contributed by atoms with Crippen molar-refractivity contribution < 1.29 is 14.6 Å². The van der Waals surface area contributed by atoms with Gasteiger partial charge in [0, 0.05) is 18.2 Å². The molecule has 1 aliphatic heterocycles. The zero-order valence-electron chi connectivity index (χ0n) is 15.5. The molecule has 0 bridgehead atoms. The molecule has 0 radical (unpaired) electrons. The first-order valence-corrected chi connectivity index (χ1v) is 9.11. The first kappa shape index (κ1) is 18.9. The molecule has 140 valence electrons. The number of aliphatic carboxylic acids is 1. The van der Waals surface area contributed by atoms with Crippen LogP contribution >= 0.6 is 0 Å². The van der Waals surface area contributed by atoms with Crippen LogP contribution in [0.5, 0.6) is 5.75 Å². The van der Waals surface area contributed by atoms with Crippen LogP contribution in [-0.4, -0.2) is 47.7 Å². The van der Waals surface area contributed by atoms with Gasteiger partial charge in [0.1, 0.15) is 5.75 Å². The van der Waals surface area contributed by atoms with Gasteiger partial charge in [-0.15, -0.1) is 0 Å². The molecule has 27 heavy (non-hydrogen) atoms. The Morgan fingerprint density at radius 1 is 1.19 bits per heavy atom. The zero-order valence-corrected chi connectivity index (χ0v) is 15.5. The Labute approximate surface area is 159 Å². The Bertz CT molecular complexity index is 835. The summed E-state index contributed by atoms with van der Waals surface area (Å²) >= 11 is 0. The van der Waals surface area contributed by atoms with Crippen LogP contribution in [0.3, 0.4) is 0 Å². The van der Waals surface area contributed by atoms with E-state index in [-0.39, 0.29) is 0 Å². The van der Waals surface area contributed by atoms with Crippen molar-refractivity contribution in [2.75, 3.05) is 26.7 Å². The Morgan fingerprint density at radius 2 is 1.93 bits per heavy atom. The van der Waals surface area contributed by atoms with E-state index in [2.05, 4.69) is 16.0 Å². The largest absolute Gasteiger partial charge is 0.497 e. The lowest BCUT2D eigenvalue weighted by Crippen LogP contribution is -2.19. The average molecular weight is 364 g/mol. The molecule has 1 N–H and O–H groups in total. The van der Waals surface area contributed by atoms with Crippen LogP contribution in [0.25, 0.3) is 11.6 Å². The van der Waals surface area contributed by atoms with Crippen LogP contribution < -0.4 is 4.74 Å². The molecule has 3 rings (SSSR count). The summed E-state index contributed by atoms with van der Waals surface area (Å²) < 4.78 is 5.26. The molecule has 1 aromatic heterocycles. The molecule has 1 aromatic carbocycles. The third-order valence-electron chi connectivity index (χ3n) is 4.60. The minimum atomic E-state index is -0.984. The Hall–Kier alpha value is -2.92. The molecular formula is C22H24N2O3. The van der Waals surface area contributed by atoms with Crippen molar-refractivity contribution in [3.05, 3.63) is 71.6 Å². The number of carboxylic acids is 1. The maximum atomic E-state index is 10.8. The number of ether oxygens (including phenoxy) is 1. The minimum Gasteiger partial charge on any atom is -0.497 e. The van der Waals surface area contributed by atoms with Gasteiger partial charge in [-0.2, -0.15) is 0 Å². The molecule has 5 nitrogen and oxygen atoms in total. The fraction of sp³-hybridized carbons (Fsp3) is 0.273. The maximum Gasteiger partial charge on any atom is 0.328 e. The summed E-state index contributed by atoms with van der Waals surface area (Å²) in [4.78, 5) is 17.8. The van der Waals surface area contributed by atoms with Gasteiger partial charge < -0.3 is 9.84 Å². The quantitative estimate of drug-likeness (QED) is 0.759. The van der Waals surface area contributed by atoms with Crippen molar-refractivity contribution in [1.82, 2.24) is 9.88 Å². The van der Waals surface area contributed by atoms with Gasteiger partial charge in [0.2, 0.25) is 0 Å². The number of hydrogen-bond donors (Lipinski definition) is 1. The number of rotatable bonds is 7. The molecule has 1 aliphatic rings. The first-order chi connectivity index (χ1) is 13.2. The van der Waals surface area contributed by atoms with Crippen molar-refractivity contribution in [2.45, 2.75) is 12.8 Å². The summed E-state index contributed by atoms with van der Waals surface area (Å²) in [6.45, 7) is 3.13. The smallest absolute Gasteiger partial charge is 0.328 e. The maximum absolute atomic E-state index is 10.8. The lowest BCUT2D eigenvalue weighted by Gasteiger charge is -2.14. The van der Waals surface area contributed by atoms with Crippen LogP contribution in [0.2, 0.25) is 0 Å². The zero-order chi connectivity index (χ0) is 19.1. The van der Waals surface area contributed by atoms with Crippen molar-refractivity contribution in [1.29, 1.82) is 0 Å². The van der Waals surface area contributed by atoms with E-state index in [0.29, 0.717) is 5.69 Å². The molecule has 0 saturated carbocycles. The molecule has 0 aliphatic carbocycles.